The molecule has 0 atom stereocenters. The molecular weight excluding hydrogens is 254 g/mol. The van der Waals surface area contributed by atoms with E-state index in [9.17, 15) is 0 Å². The number of rotatable bonds is 11. The molecule has 1 rings (SSSR count). The van der Waals surface area contributed by atoms with Gasteiger partial charge >= 0.3 is 0 Å². The van der Waals surface area contributed by atoms with Crippen LogP contribution in [0.1, 0.15) is 72.3 Å². The molecule has 1 heteroatoms. The Kier molecular flexibility index (Phi) is 11.3. The van der Waals surface area contributed by atoms with Crippen LogP contribution in [0.3, 0.4) is 0 Å². The molecular formula is C20H38N+. The molecule has 0 aromatic heterocycles. The number of hydrogen-bond acceptors (Lipinski definition) is 0. The molecule has 21 heavy (non-hydrogen) atoms. The van der Waals surface area contributed by atoms with Crippen molar-refractivity contribution in [1.82, 2.24) is 0 Å². The second kappa shape index (κ2) is 11.8. The Morgan fingerprint density at radius 3 is 1.52 bits per heavy atom. The Hall–Kier alpha value is -0.820. The van der Waals surface area contributed by atoms with Gasteiger partial charge in [0.1, 0.15) is 6.54 Å². The van der Waals surface area contributed by atoms with E-state index in [1.165, 1.54) is 74.8 Å². The second-order valence-corrected chi connectivity index (χ2v) is 6.22. The maximum absolute atomic E-state index is 2.32. The lowest BCUT2D eigenvalue weighted by Crippen LogP contribution is -2.49. The van der Waals surface area contributed by atoms with E-state index in [1.54, 1.807) is 0 Å². The van der Waals surface area contributed by atoms with Crippen LogP contribution in [0.2, 0.25) is 0 Å². The summed E-state index contributed by atoms with van der Waals surface area (Å²) < 4.78 is 1.31. The highest BCUT2D eigenvalue weighted by molar-refractivity contribution is 5.13. The molecule has 122 valence electrons. The average molecular weight is 293 g/mol. The smallest absolute Gasteiger partial charge is 0.104 e. The Balaban J connectivity index is 0.00000400. The fraction of sp³-hybridized carbons (Fsp3) is 0.700. The number of quaternary nitrogens is 1. The number of nitrogens with zero attached hydrogens (tertiary/aromatic N) is 1. The minimum atomic E-state index is 0. The maximum Gasteiger partial charge on any atom is 0.104 e. The third kappa shape index (κ3) is 7.66. The molecule has 1 aromatic carbocycles. The van der Waals surface area contributed by atoms with Gasteiger partial charge in [-0.3, -0.25) is 0 Å². The van der Waals surface area contributed by atoms with Gasteiger partial charge in [0.05, 0.1) is 19.6 Å². The first-order chi connectivity index (χ1) is 9.76. The van der Waals surface area contributed by atoms with Gasteiger partial charge in [0.25, 0.3) is 0 Å². The molecule has 1 aromatic rings. The van der Waals surface area contributed by atoms with Crippen LogP contribution in [0.25, 0.3) is 0 Å². The first-order valence-electron chi connectivity index (χ1n) is 8.65. The molecule has 0 aliphatic heterocycles. The number of hydrogen-bond donors (Lipinski definition) is 0. The topological polar surface area (TPSA) is 0 Å². The molecule has 0 N–H and O–H groups in total. The van der Waals surface area contributed by atoms with Crippen molar-refractivity contribution in [2.75, 3.05) is 19.6 Å². The second-order valence-electron chi connectivity index (χ2n) is 6.22. The number of unbranched alkanes of at least 4 members (excludes halogenated alkanes) is 3. The highest BCUT2D eigenvalue weighted by Gasteiger charge is 2.25. The van der Waals surface area contributed by atoms with Crippen molar-refractivity contribution in [3.63, 3.8) is 0 Å². The molecule has 0 saturated heterocycles. The van der Waals surface area contributed by atoms with Crippen molar-refractivity contribution in [3.8, 4) is 0 Å². The monoisotopic (exact) mass is 292 g/mol. The molecule has 0 aliphatic carbocycles. The lowest BCUT2D eigenvalue weighted by molar-refractivity contribution is -0.941. The van der Waals surface area contributed by atoms with Gasteiger partial charge in [0, 0.05) is 5.56 Å². The zero-order chi connectivity index (χ0) is 14.7. The standard InChI is InChI=1S/C19H34N.CH4/c1-4-7-15-20(16-8-5-2,17-9-6-3)18-19-13-11-10-12-14-19;/h10-14H,4-9,15-18H2,1-3H3;1H4/q+1;. The summed E-state index contributed by atoms with van der Waals surface area (Å²) in [5, 5.41) is 0. The summed E-state index contributed by atoms with van der Waals surface area (Å²) in [6, 6.07) is 11.1. The van der Waals surface area contributed by atoms with Crippen LogP contribution < -0.4 is 0 Å². The molecule has 0 unspecified atom stereocenters. The molecule has 0 radical (unpaired) electrons. The summed E-state index contributed by atoms with van der Waals surface area (Å²) in [4.78, 5) is 0. The first kappa shape index (κ1) is 20.2. The van der Waals surface area contributed by atoms with Crippen molar-refractivity contribution in [2.24, 2.45) is 0 Å². The number of benzene rings is 1. The predicted octanol–water partition coefficient (Wildman–Crippen LogP) is 6.04. The third-order valence-corrected chi connectivity index (χ3v) is 4.32. The van der Waals surface area contributed by atoms with E-state index in [2.05, 4.69) is 51.1 Å². The molecule has 0 fully saturated rings. The molecule has 0 heterocycles. The average Bonchev–Trinajstić information content (AvgIpc) is 2.49. The van der Waals surface area contributed by atoms with E-state index in [4.69, 9.17) is 0 Å². The largest absolute Gasteiger partial charge is 0.320 e. The summed E-state index contributed by atoms with van der Waals surface area (Å²) in [5.41, 5.74) is 1.51. The molecule has 0 bridgehead atoms. The van der Waals surface area contributed by atoms with Crippen LogP contribution in [0, 0.1) is 0 Å². The Morgan fingerprint density at radius 2 is 1.14 bits per heavy atom. The zero-order valence-electron chi connectivity index (χ0n) is 13.9. The minimum Gasteiger partial charge on any atom is -0.320 e. The van der Waals surface area contributed by atoms with Gasteiger partial charge in [0.15, 0.2) is 0 Å². The van der Waals surface area contributed by atoms with Gasteiger partial charge in [0.2, 0.25) is 0 Å². The fourth-order valence-electron chi connectivity index (χ4n) is 3.02. The van der Waals surface area contributed by atoms with Gasteiger partial charge in [-0.15, -0.1) is 0 Å². The van der Waals surface area contributed by atoms with Crippen LogP contribution in [0.5, 0.6) is 0 Å². The fourth-order valence-corrected chi connectivity index (χ4v) is 3.02. The molecule has 1 nitrogen and oxygen atoms in total. The van der Waals surface area contributed by atoms with Crippen LogP contribution in [0.4, 0.5) is 0 Å². The molecule has 0 spiro atoms. The van der Waals surface area contributed by atoms with Gasteiger partial charge in [-0.2, -0.15) is 0 Å². The van der Waals surface area contributed by atoms with Crippen molar-refractivity contribution < 1.29 is 4.48 Å². The van der Waals surface area contributed by atoms with E-state index in [-0.39, 0.29) is 7.43 Å². The van der Waals surface area contributed by atoms with E-state index in [1.807, 2.05) is 0 Å². The lowest BCUT2D eigenvalue weighted by atomic mass is 10.1. The summed E-state index contributed by atoms with van der Waals surface area (Å²) >= 11 is 0. The van der Waals surface area contributed by atoms with Crippen molar-refractivity contribution in [1.29, 1.82) is 0 Å². The molecule has 0 aliphatic rings. The highest BCUT2D eigenvalue weighted by Crippen LogP contribution is 2.19. The van der Waals surface area contributed by atoms with Crippen LogP contribution in [0.15, 0.2) is 30.3 Å². The van der Waals surface area contributed by atoms with Crippen LogP contribution in [-0.4, -0.2) is 24.1 Å². The van der Waals surface area contributed by atoms with E-state index >= 15 is 0 Å². The lowest BCUT2D eigenvalue weighted by Gasteiger charge is -2.39. The first-order valence-corrected chi connectivity index (χ1v) is 8.65. The maximum atomic E-state index is 2.32. The van der Waals surface area contributed by atoms with E-state index in [0.29, 0.717) is 0 Å². The Labute approximate surface area is 134 Å². The quantitative estimate of drug-likeness (QED) is 0.436. The summed E-state index contributed by atoms with van der Waals surface area (Å²) in [6.45, 7) is 12.2. The van der Waals surface area contributed by atoms with E-state index < -0.39 is 0 Å². The van der Waals surface area contributed by atoms with Crippen LogP contribution >= 0.6 is 0 Å². The van der Waals surface area contributed by atoms with Gasteiger partial charge in [-0.05, 0) is 19.3 Å². The highest BCUT2D eigenvalue weighted by atomic mass is 15.3. The van der Waals surface area contributed by atoms with Gasteiger partial charge < -0.3 is 4.48 Å². The SMILES string of the molecule is C.CCCC[N+](CCCC)(CCCC)Cc1ccccc1. The van der Waals surface area contributed by atoms with Crippen LogP contribution in [-0.2, 0) is 6.54 Å². The van der Waals surface area contributed by atoms with Gasteiger partial charge in [-0.1, -0.05) is 77.8 Å². The summed E-state index contributed by atoms with van der Waals surface area (Å²) in [7, 11) is 0. The minimum absolute atomic E-state index is 0. The van der Waals surface area contributed by atoms with E-state index in [0.717, 1.165) is 0 Å². The normalized spacial score (nSPS) is 11.2. The third-order valence-electron chi connectivity index (χ3n) is 4.32. The summed E-state index contributed by atoms with van der Waals surface area (Å²) in [6.07, 6.45) is 8.02. The van der Waals surface area contributed by atoms with Gasteiger partial charge in [-0.25, -0.2) is 0 Å². The summed E-state index contributed by atoms with van der Waals surface area (Å²) in [5.74, 6) is 0. The van der Waals surface area contributed by atoms with Crippen molar-refractivity contribution in [3.05, 3.63) is 35.9 Å². The zero-order valence-corrected chi connectivity index (χ0v) is 13.9. The van der Waals surface area contributed by atoms with Crippen molar-refractivity contribution in [2.45, 2.75) is 73.3 Å². The predicted molar refractivity (Wildman–Crippen MR) is 96.5 cm³/mol. The molecule has 0 amide bonds. The molecule has 0 saturated carbocycles. The van der Waals surface area contributed by atoms with Crippen molar-refractivity contribution >= 4 is 0 Å². The Morgan fingerprint density at radius 1 is 0.714 bits per heavy atom. The Bertz CT molecular complexity index is 309.